The van der Waals surface area contributed by atoms with Gasteiger partial charge in [-0.25, -0.2) is 0 Å². The highest BCUT2D eigenvalue weighted by Crippen LogP contribution is 2.32. The maximum absolute atomic E-state index is 6.12. The van der Waals surface area contributed by atoms with Gasteiger partial charge in [-0.3, -0.25) is 4.90 Å². The normalized spacial score (nSPS) is 17.2. The minimum Gasteiger partial charge on any atom is -0.292 e. The van der Waals surface area contributed by atoms with Crippen molar-refractivity contribution in [3.05, 3.63) is 70.7 Å². The third-order valence-electron chi connectivity index (χ3n) is 3.54. The lowest BCUT2D eigenvalue weighted by atomic mass is 9.94. The summed E-state index contributed by atoms with van der Waals surface area (Å²) in [7, 11) is 0. The van der Waals surface area contributed by atoms with Gasteiger partial charge in [0.25, 0.3) is 0 Å². The quantitative estimate of drug-likeness (QED) is 0.799. The molecule has 0 aliphatic carbocycles. The molecule has 1 saturated heterocycles. The second kappa shape index (κ2) is 5.13. The first-order valence-electron chi connectivity index (χ1n) is 6.39. The number of rotatable bonds is 3. The van der Waals surface area contributed by atoms with Crippen molar-refractivity contribution in [1.29, 1.82) is 0 Å². The Balaban J connectivity index is 2.00. The number of halogens is 1. The average molecular weight is 258 g/mol. The van der Waals surface area contributed by atoms with Gasteiger partial charge in [0.2, 0.25) is 0 Å². The number of likely N-dealkylation sites (tertiary alicyclic amines) is 1. The predicted octanol–water partition coefficient (Wildman–Crippen LogP) is 4.14. The van der Waals surface area contributed by atoms with E-state index in [0.717, 1.165) is 5.02 Å². The van der Waals surface area contributed by atoms with Crippen LogP contribution in [-0.2, 0) is 0 Å². The molecule has 1 heterocycles. The minimum absolute atomic E-state index is 0.346. The molecule has 1 nitrogen and oxygen atoms in total. The fraction of sp³-hybridized carbons (Fsp3) is 0.250. The molecule has 1 aliphatic rings. The first-order valence-corrected chi connectivity index (χ1v) is 6.77. The smallest absolute Gasteiger partial charge is 0.0602 e. The fourth-order valence-electron chi connectivity index (χ4n) is 2.52. The van der Waals surface area contributed by atoms with Crippen molar-refractivity contribution in [1.82, 2.24) is 4.90 Å². The standard InChI is InChI=1S/C16H16ClN/c17-15-9-4-8-14(12-15)16(18-10-5-11-18)13-6-2-1-3-7-13/h1-4,6-9,12,16H,5,10-11H2. The summed E-state index contributed by atoms with van der Waals surface area (Å²) in [4.78, 5) is 2.50. The number of hydrogen-bond acceptors (Lipinski definition) is 1. The van der Waals surface area contributed by atoms with E-state index in [0.29, 0.717) is 6.04 Å². The molecular formula is C16H16ClN. The third kappa shape index (κ3) is 2.29. The van der Waals surface area contributed by atoms with Crippen LogP contribution in [0.3, 0.4) is 0 Å². The van der Waals surface area contributed by atoms with E-state index in [-0.39, 0.29) is 0 Å². The summed E-state index contributed by atoms with van der Waals surface area (Å²) in [5.41, 5.74) is 2.63. The number of benzene rings is 2. The van der Waals surface area contributed by atoms with Crippen molar-refractivity contribution < 1.29 is 0 Å². The maximum Gasteiger partial charge on any atom is 0.0602 e. The van der Waals surface area contributed by atoms with Crippen molar-refractivity contribution in [3.63, 3.8) is 0 Å². The van der Waals surface area contributed by atoms with Crippen molar-refractivity contribution in [3.8, 4) is 0 Å². The van der Waals surface area contributed by atoms with Gasteiger partial charge in [-0.05, 0) is 29.7 Å². The summed E-state index contributed by atoms with van der Waals surface area (Å²) in [6, 6.07) is 19.2. The van der Waals surface area contributed by atoms with E-state index in [2.05, 4.69) is 47.4 Å². The first kappa shape index (κ1) is 11.8. The lowest BCUT2D eigenvalue weighted by molar-refractivity contribution is 0.140. The van der Waals surface area contributed by atoms with E-state index in [1.54, 1.807) is 0 Å². The van der Waals surface area contributed by atoms with Gasteiger partial charge >= 0.3 is 0 Å². The van der Waals surface area contributed by atoms with Gasteiger partial charge in [0, 0.05) is 18.1 Å². The molecule has 0 aromatic heterocycles. The lowest BCUT2D eigenvalue weighted by Gasteiger charge is -2.39. The number of nitrogens with zero attached hydrogens (tertiary/aromatic N) is 1. The van der Waals surface area contributed by atoms with Crippen LogP contribution >= 0.6 is 11.6 Å². The van der Waals surface area contributed by atoms with E-state index in [4.69, 9.17) is 11.6 Å². The SMILES string of the molecule is Clc1cccc(C(c2ccccc2)N2CCC2)c1. The Morgan fingerprint density at radius 2 is 1.61 bits per heavy atom. The molecule has 3 rings (SSSR count). The Bertz CT molecular complexity index is 520. The van der Waals surface area contributed by atoms with E-state index >= 15 is 0 Å². The van der Waals surface area contributed by atoms with Gasteiger partial charge in [-0.1, -0.05) is 54.1 Å². The highest BCUT2D eigenvalue weighted by molar-refractivity contribution is 6.30. The van der Waals surface area contributed by atoms with Crippen molar-refractivity contribution >= 4 is 11.6 Å². The van der Waals surface area contributed by atoms with Crippen LogP contribution < -0.4 is 0 Å². The molecule has 2 aromatic carbocycles. The van der Waals surface area contributed by atoms with E-state index < -0.39 is 0 Å². The van der Waals surface area contributed by atoms with E-state index in [9.17, 15) is 0 Å². The summed E-state index contributed by atoms with van der Waals surface area (Å²) in [5.74, 6) is 0. The van der Waals surface area contributed by atoms with Gasteiger partial charge in [0.15, 0.2) is 0 Å². The van der Waals surface area contributed by atoms with Crippen molar-refractivity contribution in [2.75, 3.05) is 13.1 Å². The van der Waals surface area contributed by atoms with Gasteiger partial charge in [0.1, 0.15) is 0 Å². The van der Waals surface area contributed by atoms with Crippen LogP contribution in [0.4, 0.5) is 0 Å². The molecule has 0 radical (unpaired) electrons. The molecule has 2 heteroatoms. The zero-order valence-corrected chi connectivity index (χ0v) is 11.0. The fourth-order valence-corrected chi connectivity index (χ4v) is 2.72. The van der Waals surface area contributed by atoms with Gasteiger partial charge in [-0.2, -0.15) is 0 Å². The van der Waals surface area contributed by atoms with Crippen LogP contribution in [0.1, 0.15) is 23.6 Å². The van der Waals surface area contributed by atoms with Crippen LogP contribution in [0.25, 0.3) is 0 Å². The maximum atomic E-state index is 6.12. The van der Waals surface area contributed by atoms with Gasteiger partial charge in [-0.15, -0.1) is 0 Å². The van der Waals surface area contributed by atoms with E-state index in [1.165, 1.54) is 30.6 Å². The molecule has 0 N–H and O–H groups in total. The highest BCUT2D eigenvalue weighted by atomic mass is 35.5. The Hall–Kier alpha value is -1.31. The predicted molar refractivity (Wildman–Crippen MR) is 75.9 cm³/mol. The van der Waals surface area contributed by atoms with Crippen LogP contribution in [-0.4, -0.2) is 18.0 Å². The Morgan fingerprint density at radius 3 is 2.22 bits per heavy atom. The van der Waals surface area contributed by atoms with E-state index in [1.807, 2.05) is 12.1 Å². The Labute approximate surface area is 113 Å². The van der Waals surface area contributed by atoms with Crippen LogP contribution in [0, 0.1) is 0 Å². The summed E-state index contributed by atoms with van der Waals surface area (Å²) in [5, 5.41) is 0.814. The Kier molecular flexibility index (Phi) is 3.35. The van der Waals surface area contributed by atoms with Crippen LogP contribution in [0.15, 0.2) is 54.6 Å². The second-order valence-corrected chi connectivity index (χ2v) is 5.19. The third-order valence-corrected chi connectivity index (χ3v) is 3.77. The zero-order chi connectivity index (χ0) is 12.4. The molecule has 0 bridgehead atoms. The van der Waals surface area contributed by atoms with Crippen LogP contribution in [0.2, 0.25) is 5.02 Å². The summed E-state index contributed by atoms with van der Waals surface area (Å²) < 4.78 is 0. The molecule has 0 spiro atoms. The molecule has 1 unspecified atom stereocenters. The van der Waals surface area contributed by atoms with Gasteiger partial charge < -0.3 is 0 Å². The molecular weight excluding hydrogens is 242 g/mol. The largest absolute Gasteiger partial charge is 0.292 e. The molecule has 18 heavy (non-hydrogen) atoms. The number of hydrogen-bond donors (Lipinski definition) is 0. The van der Waals surface area contributed by atoms with Crippen molar-refractivity contribution in [2.24, 2.45) is 0 Å². The summed E-state index contributed by atoms with van der Waals surface area (Å²) >= 11 is 6.12. The Morgan fingerprint density at radius 1 is 0.889 bits per heavy atom. The first-order chi connectivity index (χ1) is 8.84. The van der Waals surface area contributed by atoms with Crippen LogP contribution in [0.5, 0.6) is 0 Å². The molecule has 92 valence electrons. The molecule has 1 atom stereocenters. The monoisotopic (exact) mass is 257 g/mol. The molecule has 0 amide bonds. The highest BCUT2D eigenvalue weighted by Gasteiger charge is 2.26. The zero-order valence-electron chi connectivity index (χ0n) is 10.2. The average Bonchev–Trinajstić information content (AvgIpc) is 2.34. The van der Waals surface area contributed by atoms with Crippen molar-refractivity contribution in [2.45, 2.75) is 12.5 Å². The minimum atomic E-state index is 0.346. The molecule has 0 saturated carbocycles. The molecule has 1 aliphatic heterocycles. The molecule has 2 aromatic rings. The molecule has 1 fully saturated rings. The second-order valence-electron chi connectivity index (χ2n) is 4.76. The van der Waals surface area contributed by atoms with Gasteiger partial charge in [0.05, 0.1) is 6.04 Å². The summed E-state index contributed by atoms with van der Waals surface area (Å²) in [6.45, 7) is 2.35. The topological polar surface area (TPSA) is 3.24 Å². The lowest BCUT2D eigenvalue weighted by Crippen LogP contribution is -2.40. The summed E-state index contributed by atoms with van der Waals surface area (Å²) in [6.07, 6.45) is 1.30.